The Balaban J connectivity index is 1.84. The van der Waals surface area contributed by atoms with Crippen molar-refractivity contribution >= 4 is 17.6 Å². The molecule has 0 saturated heterocycles. The Hall–Kier alpha value is -2.69. The van der Waals surface area contributed by atoms with Crippen molar-refractivity contribution in [2.45, 2.75) is 32.6 Å². The maximum Gasteiger partial charge on any atom is 0.338 e. The molecule has 0 unspecified atom stereocenters. The minimum absolute atomic E-state index is 0.219. The maximum absolute atomic E-state index is 12.0. The number of esters is 1. The Bertz CT molecular complexity index is 654. The summed E-state index contributed by atoms with van der Waals surface area (Å²) >= 11 is 0. The molecule has 1 N–H and O–H groups in total. The monoisotopic (exact) mass is 326 g/mol. The molecule has 2 aromatic rings. The lowest BCUT2D eigenvalue weighted by molar-refractivity contribution is 0.0498. The van der Waals surface area contributed by atoms with Crippen molar-refractivity contribution in [3.63, 3.8) is 0 Å². The number of carbonyl (C=O) groups is 2. The van der Waals surface area contributed by atoms with E-state index in [0.717, 1.165) is 25.7 Å². The molecule has 0 saturated carbocycles. The van der Waals surface area contributed by atoms with Crippen LogP contribution in [0.15, 0.2) is 48.8 Å². The molecule has 0 spiro atoms. The Labute approximate surface area is 142 Å². The average molecular weight is 326 g/mol. The molecule has 0 bridgehead atoms. The van der Waals surface area contributed by atoms with Crippen molar-refractivity contribution < 1.29 is 14.3 Å². The van der Waals surface area contributed by atoms with Gasteiger partial charge in [0, 0.05) is 23.6 Å². The third-order valence-corrected chi connectivity index (χ3v) is 3.55. The average Bonchev–Trinajstić information content (AvgIpc) is 2.62. The van der Waals surface area contributed by atoms with Gasteiger partial charge in [0.15, 0.2) is 0 Å². The first-order chi connectivity index (χ1) is 11.7. The minimum Gasteiger partial charge on any atom is -0.462 e. The van der Waals surface area contributed by atoms with Gasteiger partial charge in [-0.1, -0.05) is 26.2 Å². The summed E-state index contributed by atoms with van der Waals surface area (Å²) < 4.78 is 5.23. The van der Waals surface area contributed by atoms with Gasteiger partial charge in [0.05, 0.1) is 12.2 Å². The van der Waals surface area contributed by atoms with E-state index in [0.29, 0.717) is 23.4 Å². The van der Waals surface area contributed by atoms with Gasteiger partial charge in [-0.2, -0.15) is 0 Å². The van der Waals surface area contributed by atoms with Crippen LogP contribution in [0.25, 0.3) is 0 Å². The van der Waals surface area contributed by atoms with E-state index in [1.54, 1.807) is 48.8 Å². The van der Waals surface area contributed by atoms with Gasteiger partial charge in [-0.3, -0.25) is 9.78 Å². The van der Waals surface area contributed by atoms with Crippen LogP contribution in [0, 0.1) is 0 Å². The molecular formula is C19H22N2O3. The molecule has 0 aliphatic heterocycles. The SMILES string of the molecule is CCCCCCOC(=O)c1ccc(NC(=O)c2ccncc2)cc1. The van der Waals surface area contributed by atoms with Gasteiger partial charge in [0.25, 0.3) is 5.91 Å². The lowest BCUT2D eigenvalue weighted by atomic mass is 10.2. The molecule has 24 heavy (non-hydrogen) atoms. The second-order valence-corrected chi connectivity index (χ2v) is 5.46. The number of amides is 1. The van der Waals surface area contributed by atoms with Gasteiger partial charge in [-0.05, 0) is 42.8 Å². The van der Waals surface area contributed by atoms with Crippen LogP contribution in [0.4, 0.5) is 5.69 Å². The predicted octanol–water partition coefficient (Wildman–Crippen LogP) is 4.07. The van der Waals surface area contributed by atoms with Gasteiger partial charge in [-0.25, -0.2) is 4.79 Å². The fourth-order valence-corrected chi connectivity index (χ4v) is 2.17. The summed E-state index contributed by atoms with van der Waals surface area (Å²) in [5.41, 5.74) is 1.63. The summed E-state index contributed by atoms with van der Waals surface area (Å²) in [6.45, 7) is 2.58. The summed E-state index contributed by atoms with van der Waals surface area (Å²) in [5.74, 6) is -0.554. The Kier molecular flexibility index (Phi) is 6.95. The summed E-state index contributed by atoms with van der Waals surface area (Å²) in [7, 11) is 0. The molecule has 0 aliphatic rings. The molecule has 0 atom stereocenters. The second kappa shape index (κ2) is 9.45. The van der Waals surface area contributed by atoms with Crippen molar-refractivity contribution in [2.75, 3.05) is 11.9 Å². The van der Waals surface area contributed by atoms with Crippen LogP contribution in [0.5, 0.6) is 0 Å². The van der Waals surface area contributed by atoms with E-state index in [1.165, 1.54) is 0 Å². The number of nitrogens with one attached hydrogen (secondary N) is 1. The topological polar surface area (TPSA) is 68.3 Å². The van der Waals surface area contributed by atoms with Crippen LogP contribution in [0.2, 0.25) is 0 Å². The normalized spacial score (nSPS) is 10.2. The Morgan fingerprint density at radius 3 is 2.33 bits per heavy atom. The van der Waals surface area contributed by atoms with Crippen molar-refractivity contribution in [1.82, 2.24) is 4.98 Å². The Morgan fingerprint density at radius 1 is 0.958 bits per heavy atom. The number of ether oxygens (including phenoxy) is 1. The van der Waals surface area contributed by atoms with Crippen LogP contribution in [-0.4, -0.2) is 23.5 Å². The summed E-state index contributed by atoms with van der Waals surface area (Å²) in [4.78, 5) is 27.8. The zero-order valence-electron chi connectivity index (χ0n) is 13.8. The van der Waals surface area contributed by atoms with Gasteiger partial charge in [0.2, 0.25) is 0 Å². The number of nitrogens with zero attached hydrogens (tertiary/aromatic N) is 1. The fourth-order valence-electron chi connectivity index (χ4n) is 2.17. The molecule has 1 amide bonds. The van der Waals surface area contributed by atoms with E-state index in [4.69, 9.17) is 4.74 Å². The number of hydrogen-bond donors (Lipinski definition) is 1. The van der Waals surface area contributed by atoms with E-state index in [9.17, 15) is 9.59 Å². The first-order valence-electron chi connectivity index (χ1n) is 8.19. The predicted molar refractivity (Wildman–Crippen MR) is 93.1 cm³/mol. The number of rotatable bonds is 8. The molecule has 0 radical (unpaired) electrons. The molecule has 126 valence electrons. The molecular weight excluding hydrogens is 304 g/mol. The molecule has 5 heteroatoms. The van der Waals surface area contributed by atoms with Crippen LogP contribution in [0.1, 0.15) is 53.3 Å². The van der Waals surface area contributed by atoms with Crippen molar-refractivity contribution in [3.05, 3.63) is 59.9 Å². The summed E-state index contributed by atoms with van der Waals surface area (Å²) in [6, 6.07) is 9.95. The van der Waals surface area contributed by atoms with E-state index in [2.05, 4.69) is 17.2 Å². The number of aromatic nitrogens is 1. The number of anilines is 1. The van der Waals surface area contributed by atoms with E-state index < -0.39 is 0 Å². The van der Waals surface area contributed by atoms with Crippen molar-refractivity contribution in [3.8, 4) is 0 Å². The number of pyridine rings is 1. The van der Waals surface area contributed by atoms with Crippen molar-refractivity contribution in [2.24, 2.45) is 0 Å². The molecule has 2 rings (SSSR count). The summed E-state index contributed by atoms with van der Waals surface area (Å²) in [5, 5.41) is 2.77. The number of benzene rings is 1. The van der Waals surface area contributed by atoms with Crippen molar-refractivity contribution in [1.29, 1.82) is 0 Å². The lowest BCUT2D eigenvalue weighted by Gasteiger charge is -2.07. The lowest BCUT2D eigenvalue weighted by Crippen LogP contribution is -2.12. The van der Waals surface area contributed by atoms with Gasteiger partial charge < -0.3 is 10.1 Å². The fraction of sp³-hybridized carbons (Fsp3) is 0.316. The zero-order chi connectivity index (χ0) is 17.2. The highest BCUT2D eigenvalue weighted by Gasteiger charge is 2.09. The number of hydrogen-bond acceptors (Lipinski definition) is 4. The standard InChI is InChI=1S/C19H22N2O3/c1-2-3-4-5-14-24-19(23)16-6-8-17(9-7-16)21-18(22)15-10-12-20-13-11-15/h6-13H,2-5,14H2,1H3,(H,21,22). The summed E-state index contributed by atoms with van der Waals surface area (Å²) in [6.07, 6.45) is 7.40. The van der Waals surface area contributed by atoms with Crippen LogP contribution in [-0.2, 0) is 4.74 Å². The highest BCUT2D eigenvalue weighted by Crippen LogP contribution is 2.12. The molecule has 1 aromatic carbocycles. The van der Waals surface area contributed by atoms with E-state index in [1.807, 2.05) is 0 Å². The van der Waals surface area contributed by atoms with Crippen LogP contribution in [0.3, 0.4) is 0 Å². The molecule has 5 nitrogen and oxygen atoms in total. The van der Waals surface area contributed by atoms with Gasteiger partial charge in [0.1, 0.15) is 0 Å². The van der Waals surface area contributed by atoms with E-state index in [-0.39, 0.29) is 11.9 Å². The Morgan fingerprint density at radius 2 is 1.67 bits per heavy atom. The van der Waals surface area contributed by atoms with E-state index >= 15 is 0 Å². The van der Waals surface area contributed by atoms with Crippen LogP contribution >= 0.6 is 0 Å². The molecule has 1 heterocycles. The minimum atomic E-state index is -0.335. The molecule has 1 aromatic heterocycles. The van der Waals surface area contributed by atoms with Gasteiger partial charge in [-0.15, -0.1) is 0 Å². The molecule has 0 fully saturated rings. The second-order valence-electron chi connectivity index (χ2n) is 5.46. The smallest absolute Gasteiger partial charge is 0.338 e. The first kappa shape index (κ1) is 17.7. The maximum atomic E-state index is 12.0. The third kappa shape index (κ3) is 5.50. The first-order valence-corrected chi connectivity index (χ1v) is 8.19. The third-order valence-electron chi connectivity index (χ3n) is 3.55. The number of unbranched alkanes of at least 4 members (excludes halogenated alkanes) is 3. The highest BCUT2D eigenvalue weighted by molar-refractivity contribution is 6.04. The number of carbonyl (C=O) groups excluding carboxylic acids is 2. The highest BCUT2D eigenvalue weighted by atomic mass is 16.5. The zero-order valence-corrected chi connectivity index (χ0v) is 13.8. The molecule has 0 aliphatic carbocycles. The van der Waals surface area contributed by atoms with Gasteiger partial charge >= 0.3 is 5.97 Å². The largest absolute Gasteiger partial charge is 0.462 e. The van der Waals surface area contributed by atoms with Crippen LogP contribution < -0.4 is 5.32 Å². The quantitative estimate of drug-likeness (QED) is 0.586.